The van der Waals surface area contributed by atoms with Gasteiger partial charge in [0.05, 0.1) is 17.2 Å². The molecule has 7 heteroatoms. The van der Waals surface area contributed by atoms with E-state index in [1.807, 2.05) is 30.3 Å². The number of aromatic amines is 1. The molecule has 4 rings (SSSR count). The number of thioether (sulfide) groups is 1. The van der Waals surface area contributed by atoms with E-state index in [4.69, 9.17) is 0 Å². The van der Waals surface area contributed by atoms with E-state index in [1.165, 1.54) is 19.5 Å². The van der Waals surface area contributed by atoms with Crippen molar-refractivity contribution < 1.29 is 4.79 Å². The van der Waals surface area contributed by atoms with Gasteiger partial charge in [-0.05, 0) is 55.0 Å². The number of nitrogens with one attached hydrogen (secondary N) is 2. The summed E-state index contributed by atoms with van der Waals surface area (Å²) in [6.45, 7) is 8.81. The lowest BCUT2D eigenvalue weighted by atomic mass is 9.92. The zero-order valence-electron chi connectivity index (χ0n) is 18.3. The third-order valence-electron chi connectivity index (χ3n) is 5.73. The molecule has 1 aliphatic rings. The number of fused-ring (bicyclic) bond motifs is 1. The van der Waals surface area contributed by atoms with Crippen molar-refractivity contribution >= 4 is 28.7 Å². The fourth-order valence-electron chi connectivity index (χ4n) is 4.39. The van der Waals surface area contributed by atoms with Crippen LogP contribution in [0.25, 0.3) is 11.0 Å². The summed E-state index contributed by atoms with van der Waals surface area (Å²) in [5.74, 6) is 2.35. The second kappa shape index (κ2) is 10.3. The number of amides is 1. The number of benzene rings is 1. The first-order valence-corrected chi connectivity index (χ1v) is 12.1. The van der Waals surface area contributed by atoms with Gasteiger partial charge < -0.3 is 15.2 Å². The smallest absolute Gasteiger partial charge is 0.251 e. The second-order valence-electron chi connectivity index (χ2n) is 8.74. The molecule has 31 heavy (non-hydrogen) atoms. The number of carbonyl (C=O) groups is 1. The number of likely N-dealkylation sites (tertiary alicyclic amines) is 1. The van der Waals surface area contributed by atoms with Gasteiger partial charge in [0.2, 0.25) is 0 Å². The molecule has 3 aromatic rings. The Morgan fingerprint density at radius 1 is 1.19 bits per heavy atom. The fourth-order valence-corrected chi connectivity index (χ4v) is 5.23. The largest absolute Gasteiger partial charge is 0.352 e. The molecule has 2 aromatic heterocycles. The molecule has 0 unspecified atom stereocenters. The van der Waals surface area contributed by atoms with E-state index in [-0.39, 0.29) is 5.91 Å². The number of carbonyl (C=O) groups excluding carboxylic acids is 1. The Bertz CT molecular complexity index is 960. The van der Waals surface area contributed by atoms with Crippen LogP contribution < -0.4 is 5.32 Å². The molecule has 1 aliphatic heterocycles. The number of rotatable bonds is 8. The average molecular weight is 438 g/mol. The third kappa shape index (κ3) is 6.08. The van der Waals surface area contributed by atoms with Gasteiger partial charge in [-0.3, -0.25) is 9.78 Å². The van der Waals surface area contributed by atoms with Crippen LogP contribution in [0.15, 0.2) is 47.9 Å². The summed E-state index contributed by atoms with van der Waals surface area (Å²) in [5.41, 5.74) is 3.74. The number of H-pyrrole nitrogens is 1. The zero-order chi connectivity index (χ0) is 21.6. The Morgan fingerprint density at radius 2 is 1.97 bits per heavy atom. The predicted octanol–water partition coefficient (Wildman–Crippen LogP) is 4.35. The highest BCUT2D eigenvalue weighted by Crippen LogP contribution is 2.23. The summed E-state index contributed by atoms with van der Waals surface area (Å²) in [4.78, 5) is 26.9. The first-order valence-electron chi connectivity index (χ1n) is 11.1. The van der Waals surface area contributed by atoms with Crippen LogP contribution in [-0.4, -0.2) is 51.9 Å². The molecular formula is C24H31N5OS. The minimum absolute atomic E-state index is 0.00404. The van der Waals surface area contributed by atoms with Crippen LogP contribution in [-0.2, 0) is 5.75 Å². The number of aromatic nitrogens is 3. The lowest BCUT2D eigenvalue weighted by Gasteiger charge is -2.34. The topological polar surface area (TPSA) is 73.9 Å². The lowest BCUT2D eigenvalue weighted by molar-refractivity contribution is 0.0947. The number of nitrogens with zero attached hydrogens (tertiary/aromatic N) is 3. The van der Waals surface area contributed by atoms with Crippen molar-refractivity contribution in [2.24, 2.45) is 11.8 Å². The normalized spacial score (nSPS) is 19.5. The van der Waals surface area contributed by atoms with Crippen molar-refractivity contribution in [3.8, 4) is 0 Å². The molecule has 1 saturated heterocycles. The zero-order valence-corrected chi connectivity index (χ0v) is 19.1. The first kappa shape index (κ1) is 21.8. The molecule has 164 valence electrons. The maximum absolute atomic E-state index is 12.4. The van der Waals surface area contributed by atoms with E-state index < -0.39 is 0 Å². The quantitative estimate of drug-likeness (QED) is 0.405. The SMILES string of the molecule is C[C@@H]1C[C@@H](C)CN(CCCNC(=O)c2ccc(CSc3nc4ccncc4[nH]3)cc2)C1. The van der Waals surface area contributed by atoms with Gasteiger partial charge in [0, 0.05) is 37.1 Å². The summed E-state index contributed by atoms with van der Waals surface area (Å²) in [7, 11) is 0. The minimum Gasteiger partial charge on any atom is -0.352 e. The van der Waals surface area contributed by atoms with Crippen LogP contribution in [0.1, 0.15) is 42.6 Å². The second-order valence-corrected chi connectivity index (χ2v) is 9.70. The Hall–Kier alpha value is -2.38. The highest BCUT2D eigenvalue weighted by atomic mass is 32.2. The molecule has 1 fully saturated rings. The molecule has 0 bridgehead atoms. The maximum atomic E-state index is 12.4. The molecule has 0 aliphatic carbocycles. The maximum Gasteiger partial charge on any atom is 0.251 e. The molecule has 1 amide bonds. The summed E-state index contributed by atoms with van der Waals surface area (Å²) in [6.07, 6.45) is 5.85. The number of piperidine rings is 1. The Balaban J connectivity index is 1.20. The van der Waals surface area contributed by atoms with Crippen molar-refractivity contribution in [2.75, 3.05) is 26.2 Å². The van der Waals surface area contributed by atoms with Gasteiger partial charge in [-0.15, -0.1) is 0 Å². The van der Waals surface area contributed by atoms with E-state index in [1.54, 1.807) is 24.2 Å². The highest BCUT2D eigenvalue weighted by molar-refractivity contribution is 7.98. The molecule has 2 atom stereocenters. The van der Waals surface area contributed by atoms with Gasteiger partial charge in [0.15, 0.2) is 5.16 Å². The van der Waals surface area contributed by atoms with E-state index in [0.29, 0.717) is 5.56 Å². The number of hydrogen-bond acceptors (Lipinski definition) is 5. The van der Waals surface area contributed by atoms with E-state index in [2.05, 4.69) is 39.0 Å². The van der Waals surface area contributed by atoms with Crippen molar-refractivity contribution in [3.63, 3.8) is 0 Å². The average Bonchev–Trinajstić information content (AvgIpc) is 3.18. The number of hydrogen-bond donors (Lipinski definition) is 2. The number of imidazole rings is 1. The van der Waals surface area contributed by atoms with Crippen molar-refractivity contribution in [1.82, 2.24) is 25.2 Å². The van der Waals surface area contributed by atoms with Gasteiger partial charge in [-0.25, -0.2) is 4.98 Å². The summed E-state index contributed by atoms with van der Waals surface area (Å²) in [6, 6.07) is 9.74. The molecule has 0 saturated carbocycles. The molecule has 0 radical (unpaired) electrons. The predicted molar refractivity (Wildman–Crippen MR) is 126 cm³/mol. The lowest BCUT2D eigenvalue weighted by Crippen LogP contribution is -2.40. The first-order chi connectivity index (χ1) is 15.1. The van der Waals surface area contributed by atoms with Crippen LogP contribution in [0.5, 0.6) is 0 Å². The highest BCUT2D eigenvalue weighted by Gasteiger charge is 2.21. The van der Waals surface area contributed by atoms with Gasteiger partial charge in [-0.1, -0.05) is 37.7 Å². The van der Waals surface area contributed by atoms with Crippen molar-refractivity contribution in [2.45, 2.75) is 37.6 Å². The molecule has 6 nitrogen and oxygen atoms in total. The van der Waals surface area contributed by atoms with Crippen LogP contribution in [0.3, 0.4) is 0 Å². The Labute approximate surface area is 188 Å². The van der Waals surface area contributed by atoms with E-state index in [9.17, 15) is 4.79 Å². The molecule has 2 N–H and O–H groups in total. The van der Waals surface area contributed by atoms with Crippen molar-refractivity contribution in [3.05, 3.63) is 53.9 Å². The summed E-state index contributed by atoms with van der Waals surface area (Å²) >= 11 is 1.64. The monoisotopic (exact) mass is 437 g/mol. The van der Waals surface area contributed by atoms with Gasteiger partial charge in [0.25, 0.3) is 5.91 Å². The van der Waals surface area contributed by atoms with Crippen LogP contribution in [0.4, 0.5) is 0 Å². The summed E-state index contributed by atoms with van der Waals surface area (Å²) < 4.78 is 0. The molecular weight excluding hydrogens is 406 g/mol. The molecule has 0 spiro atoms. The standard InChI is InChI=1S/C24H31N5OS/c1-17-12-18(2)15-29(14-17)11-3-9-26-23(30)20-6-4-19(5-7-20)16-31-24-27-21-8-10-25-13-22(21)28-24/h4-8,10,13,17-18H,3,9,11-12,14-16H2,1-2H3,(H,26,30)(H,27,28)/t17-,18-/m1/s1. The van der Waals surface area contributed by atoms with E-state index >= 15 is 0 Å². The summed E-state index contributed by atoms with van der Waals surface area (Å²) in [5, 5.41) is 3.94. The van der Waals surface area contributed by atoms with Gasteiger partial charge >= 0.3 is 0 Å². The fraction of sp³-hybridized carbons (Fsp3) is 0.458. The van der Waals surface area contributed by atoms with Gasteiger partial charge in [0.1, 0.15) is 0 Å². The molecule has 1 aromatic carbocycles. The Kier molecular flexibility index (Phi) is 7.25. The van der Waals surface area contributed by atoms with E-state index in [0.717, 1.165) is 58.9 Å². The third-order valence-corrected chi connectivity index (χ3v) is 6.68. The Morgan fingerprint density at radius 3 is 2.71 bits per heavy atom. The van der Waals surface area contributed by atoms with Crippen molar-refractivity contribution in [1.29, 1.82) is 0 Å². The number of pyridine rings is 1. The van der Waals surface area contributed by atoms with Crippen LogP contribution in [0, 0.1) is 11.8 Å². The minimum atomic E-state index is 0.00404. The molecule has 3 heterocycles. The van der Waals surface area contributed by atoms with Crippen LogP contribution in [0.2, 0.25) is 0 Å². The van der Waals surface area contributed by atoms with Crippen LogP contribution >= 0.6 is 11.8 Å². The van der Waals surface area contributed by atoms with Gasteiger partial charge in [-0.2, -0.15) is 0 Å².